The number of phenolic OH excluding ortho intramolecular Hbond substituents is 2. The van der Waals surface area contributed by atoms with Crippen LogP contribution in [0.5, 0.6) is 11.5 Å². The standard InChI is InChI=1S/C27H24N4O2S2/c32-24-14-5-1-10-20(24)28-30-22-12-3-7-16-26(22)34-18-9-19-35-27-17-8-4-13-23(27)31-29-21-11-2-6-15-25(21)33/h1-8,10-17,32-33H,9,18-19H2. The van der Waals surface area contributed by atoms with Crippen LogP contribution in [0.1, 0.15) is 6.42 Å². The number of benzene rings is 4. The summed E-state index contributed by atoms with van der Waals surface area (Å²) in [5, 5.41) is 36.9. The van der Waals surface area contributed by atoms with Crippen LogP contribution in [0.4, 0.5) is 22.7 Å². The molecule has 0 aromatic heterocycles. The maximum absolute atomic E-state index is 9.89. The van der Waals surface area contributed by atoms with Crippen LogP contribution in [0.25, 0.3) is 0 Å². The highest BCUT2D eigenvalue weighted by Gasteiger charge is 2.05. The van der Waals surface area contributed by atoms with E-state index in [1.807, 2.05) is 60.7 Å². The van der Waals surface area contributed by atoms with E-state index in [4.69, 9.17) is 0 Å². The molecule has 35 heavy (non-hydrogen) atoms. The first-order valence-corrected chi connectivity index (χ1v) is 13.0. The first-order valence-electron chi connectivity index (χ1n) is 11.0. The third kappa shape index (κ3) is 7.18. The number of rotatable bonds is 10. The summed E-state index contributed by atoms with van der Waals surface area (Å²) in [6.07, 6.45) is 0.991. The molecule has 0 heterocycles. The van der Waals surface area contributed by atoms with Gasteiger partial charge >= 0.3 is 0 Å². The molecule has 4 aromatic carbocycles. The number of hydrogen-bond acceptors (Lipinski definition) is 8. The van der Waals surface area contributed by atoms with Crippen molar-refractivity contribution < 1.29 is 10.2 Å². The highest BCUT2D eigenvalue weighted by molar-refractivity contribution is 8.00. The zero-order valence-corrected chi connectivity index (χ0v) is 20.5. The summed E-state index contributed by atoms with van der Waals surface area (Å²) in [5.41, 5.74) is 2.45. The van der Waals surface area contributed by atoms with Gasteiger partial charge in [0.1, 0.15) is 22.9 Å². The van der Waals surface area contributed by atoms with E-state index < -0.39 is 0 Å². The molecule has 0 saturated carbocycles. The Bertz CT molecular complexity index is 1230. The number of hydrogen-bond donors (Lipinski definition) is 2. The second-order valence-corrected chi connectivity index (χ2v) is 9.64. The summed E-state index contributed by atoms with van der Waals surface area (Å²) in [6, 6.07) is 29.5. The van der Waals surface area contributed by atoms with Crippen molar-refractivity contribution in [2.45, 2.75) is 16.2 Å². The lowest BCUT2D eigenvalue weighted by molar-refractivity contribution is 0.476. The van der Waals surface area contributed by atoms with Gasteiger partial charge in [-0.05, 0) is 66.5 Å². The second kappa shape index (κ2) is 12.7. The number of para-hydroxylation sites is 2. The number of nitrogens with zero attached hydrogens (tertiary/aromatic N) is 4. The van der Waals surface area contributed by atoms with Gasteiger partial charge in [0.25, 0.3) is 0 Å². The number of thioether (sulfide) groups is 2. The van der Waals surface area contributed by atoms with Gasteiger partial charge in [0.2, 0.25) is 0 Å². The fourth-order valence-corrected chi connectivity index (χ4v) is 5.12. The molecule has 0 unspecified atom stereocenters. The van der Waals surface area contributed by atoms with E-state index in [0.29, 0.717) is 11.4 Å². The number of aromatic hydroxyl groups is 2. The Hall–Kier alpha value is -3.62. The van der Waals surface area contributed by atoms with Crippen molar-refractivity contribution in [2.75, 3.05) is 11.5 Å². The average molecular weight is 501 g/mol. The lowest BCUT2D eigenvalue weighted by Crippen LogP contribution is -1.85. The molecule has 0 aliphatic rings. The first-order chi connectivity index (χ1) is 17.2. The number of azo groups is 2. The Morgan fingerprint density at radius 2 is 0.800 bits per heavy atom. The Labute approximate surface area is 212 Å². The summed E-state index contributed by atoms with van der Waals surface area (Å²) < 4.78 is 0. The molecule has 2 N–H and O–H groups in total. The molecule has 6 nitrogen and oxygen atoms in total. The van der Waals surface area contributed by atoms with Gasteiger partial charge in [-0.2, -0.15) is 0 Å². The minimum absolute atomic E-state index is 0.110. The fraction of sp³-hybridized carbons (Fsp3) is 0.111. The molecule has 0 aliphatic carbocycles. The lowest BCUT2D eigenvalue weighted by atomic mass is 10.3. The minimum Gasteiger partial charge on any atom is -0.506 e. The van der Waals surface area contributed by atoms with Crippen molar-refractivity contribution in [3.05, 3.63) is 97.1 Å². The maximum atomic E-state index is 9.89. The lowest BCUT2D eigenvalue weighted by Gasteiger charge is -2.06. The summed E-state index contributed by atoms with van der Waals surface area (Å²) in [4.78, 5) is 2.10. The second-order valence-electron chi connectivity index (χ2n) is 7.36. The minimum atomic E-state index is 0.110. The Balaban J connectivity index is 1.31. The molecule has 0 amide bonds. The molecule has 8 heteroatoms. The van der Waals surface area contributed by atoms with Gasteiger partial charge in [-0.15, -0.1) is 44.0 Å². The molecule has 0 spiro atoms. The van der Waals surface area contributed by atoms with Crippen LogP contribution in [-0.4, -0.2) is 21.7 Å². The van der Waals surface area contributed by atoms with Crippen molar-refractivity contribution in [2.24, 2.45) is 20.5 Å². The van der Waals surface area contributed by atoms with Gasteiger partial charge in [0.05, 0.1) is 11.4 Å². The highest BCUT2D eigenvalue weighted by Crippen LogP contribution is 2.35. The van der Waals surface area contributed by atoms with Gasteiger partial charge in [-0.3, -0.25) is 0 Å². The largest absolute Gasteiger partial charge is 0.506 e. The summed E-state index contributed by atoms with van der Waals surface area (Å²) in [7, 11) is 0. The highest BCUT2D eigenvalue weighted by atomic mass is 32.2. The molecule has 0 fully saturated rings. The third-order valence-electron chi connectivity index (χ3n) is 4.83. The van der Waals surface area contributed by atoms with Crippen LogP contribution >= 0.6 is 23.5 Å². The molecule has 4 rings (SSSR count). The molecule has 4 aromatic rings. The zero-order valence-electron chi connectivity index (χ0n) is 18.9. The van der Waals surface area contributed by atoms with Crippen molar-refractivity contribution in [3.8, 4) is 11.5 Å². The summed E-state index contributed by atoms with van der Waals surface area (Å²) >= 11 is 3.47. The Morgan fingerprint density at radius 3 is 1.23 bits per heavy atom. The quantitative estimate of drug-likeness (QED) is 0.129. The first kappa shape index (κ1) is 24.5. The van der Waals surface area contributed by atoms with Crippen LogP contribution in [0, 0.1) is 0 Å². The Kier molecular flexibility index (Phi) is 8.91. The van der Waals surface area contributed by atoms with E-state index in [-0.39, 0.29) is 11.5 Å². The van der Waals surface area contributed by atoms with E-state index in [1.54, 1.807) is 59.9 Å². The van der Waals surface area contributed by atoms with E-state index in [1.165, 1.54) is 0 Å². The third-order valence-corrected chi connectivity index (χ3v) is 7.13. The van der Waals surface area contributed by atoms with Gasteiger partial charge in [-0.1, -0.05) is 48.5 Å². The van der Waals surface area contributed by atoms with E-state index in [2.05, 4.69) is 20.5 Å². The predicted molar refractivity (Wildman–Crippen MR) is 144 cm³/mol. The summed E-state index contributed by atoms with van der Waals surface area (Å²) in [6.45, 7) is 0. The van der Waals surface area contributed by atoms with E-state index in [0.717, 1.165) is 39.1 Å². The molecular formula is C27H24N4O2S2. The van der Waals surface area contributed by atoms with Crippen molar-refractivity contribution in [1.29, 1.82) is 0 Å². The summed E-state index contributed by atoms with van der Waals surface area (Å²) in [5.74, 6) is 2.08. The van der Waals surface area contributed by atoms with Crippen molar-refractivity contribution in [3.63, 3.8) is 0 Å². The smallest absolute Gasteiger partial charge is 0.143 e. The van der Waals surface area contributed by atoms with Gasteiger partial charge in [-0.25, -0.2) is 0 Å². The van der Waals surface area contributed by atoms with Crippen molar-refractivity contribution >= 4 is 46.3 Å². The van der Waals surface area contributed by atoms with E-state index >= 15 is 0 Å². The maximum Gasteiger partial charge on any atom is 0.143 e. The fourth-order valence-electron chi connectivity index (χ4n) is 3.06. The van der Waals surface area contributed by atoms with Gasteiger partial charge < -0.3 is 10.2 Å². The molecule has 0 atom stereocenters. The SMILES string of the molecule is Oc1ccccc1N=Nc1ccccc1SCCCSc1ccccc1N=Nc1ccccc1O. The number of phenols is 2. The average Bonchev–Trinajstić information content (AvgIpc) is 2.89. The molecular weight excluding hydrogens is 476 g/mol. The molecule has 176 valence electrons. The van der Waals surface area contributed by atoms with Gasteiger partial charge in [0.15, 0.2) is 0 Å². The Morgan fingerprint density at radius 1 is 0.457 bits per heavy atom. The van der Waals surface area contributed by atoms with E-state index in [9.17, 15) is 10.2 Å². The van der Waals surface area contributed by atoms with Crippen LogP contribution in [0.3, 0.4) is 0 Å². The predicted octanol–water partition coefficient (Wildman–Crippen LogP) is 9.20. The van der Waals surface area contributed by atoms with Crippen LogP contribution in [-0.2, 0) is 0 Å². The normalized spacial score (nSPS) is 11.4. The van der Waals surface area contributed by atoms with Crippen LogP contribution in [0.2, 0.25) is 0 Å². The monoisotopic (exact) mass is 500 g/mol. The zero-order chi connectivity index (χ0) is 24.3. The molecule has 0 aliphatic heterocycles. The molecule has 0 saturated heterocycles. The van der Waals surface area contributed by atoms with Crippen LogP contribution < -0.4 is 0 Å². The van der Waals surface area contributed by atoms with Crippen LogP contribution in [0.15, 0.2) is 127 Å². The molecule has 0 bridgehead atoms. The molecule has 0 radical (unpaired) electrons. The van der Waals surface area contributed by atoms with Crippen molar-refractivity contribution in [1.82, 2.24) is 0 Å². The topological polar surface area (TPSA) is 89.9 Å². The van der Waals surface area contributed by atoms with Gasteiger partial charge in [0, 0.05) is 9.79 Å².